The molecule has 1 aromatic carbocycles. The summed E-state index contributed by atoms with van der Waals surface area (Å²) in [6, 6.07) is 3.95. The van der Waals surface area contributed by atoms with E-state index < -0.39 is 0 Å². The highest BCUT2D eigenvalue weighted by Crippen LogP contribution is 2.40. The molecule has 0 bridgehead atoms. The van der Waals surface area contributed by atoms with Crippen molar-refractivity contribution in [2.75, 3.05) is 20.8 Å². The van der Waals surface area contributed by atoms with Crippen LogP contribution in [0.2, 0.25) is 0 Å². The quantitative estimate of drug-likeness (QED) is 0.856. The minimum atomic E-state index is -0.342. The first-order valence-electron chi connectivity index (χ1n) is 5.87. The molecule has 0 saturated carbocycles. The van der Waals surface area contributed by atoms with Crippen LogP contribution in [0.4, 0.5) is 0 Å². The monoisotopic (exact) mass is 238 g/mol. The number of methoxy groups -OCH3 is 2. The number of rotatable bonds is 5. The number of benzene rings is 1. The van der Waals surface area contributed by atoms with E-state index in [4.69, 9.17) is 9.47 Å². The van der Waals surface area contributed by atoms with Crippen molar-refractivity contribution in [1.29, 1.82) is 0 Å². The fraction of sp³-hybridized carbons (Fsp3) is 0.571. The molecule has 0 aliphatic carbocycles. The van der Waals surface area contributed by atoms with E-state index in [1.165, 1.54) is 5.56 Å². The molecular weight excluding hydrogens is 216 g/mol. The summed E-state index contributed by atoms with van der Waals surface area (Å²) in [5.41, 5.74) is 1.87. The van der Waals surface area contributed by atoms with Crippen molar-refractivity contribution in [3.05, 3.63) is 23.3 Å². The van der Waals surface area contributed by atoms with Gasteiger partial charge in [-0.2, -0.15) is 0 Å². The molecule has 0 radical (unpaired) electrons. The molecule has 1 aromatic rings. The van der Waals surface area contributed by atoms with E-state index in [1.807, 2.05) is 26.0 Å². The number of ether oxygens (including phenoxy) is 2. The molecule has 0 spiro atoms. The highest BCUT2D eigenvalue weighted by atomic mass is 16.5. The third kappa shape index (κ3) is 2.55. The first kappa shape index (κ1) is 13.8. The van der Waals surface area contributed by atoms with Crippen LogP contribution in [0, 0.1) is 0 Å². The third-order valence-corrected chi connectivity index (χ3v) is 3.08. The molecule has 0 fully saturated rings. The van der Waals surface area contributed by atoms with Gasteiger partial charge >= 0.3 is 0 Å². The second-order valence-corrected chi connectivity index (χ2v) is 4.73. The van der Waals surface area contributed by atoms with E-state index in [0.717, 1.165) is 17.7 Å². The zero-order valence-corrected chi connectivity index (χ0v) is 11.3. The predicted octanol–water partition coefficient (Wildman–Crippen LogP) is 2.54. The molecule has 0 atom stereocenters. The maximum atomic E-state index is 9.55. The number of hydrogen-bond donors (Lipinski definition) is 1. The maximum absolute atomic E-state index is 9.55. The second kappa shape index (κ2) is 5.41. The van der Waals surface area contributed by atoms with Crippen molar-refractivity contribution in [1.82, 2.24) is 0 Å². The molecule has 17 heavy (non-hydrogen) atoms. The van der Waals surface area contributed by atoms with E-state index in [-0.39, 0.29) is 12.0 Å². The molecular formula is C14H22O3. The smallest absolute Gasteiger partial charge is 0.164 e. The average Bonchev–Trinajstić information content (AvgIpc) is 2.36. The zero-order valence-electron chi connectivity index (χ0n) is 11.3. The summed E-state index contributed by atoms with van der Waals surface area (Å²) < 4.78 is 10.8. The third-order valence-electron chi connectivity index (χ3n) is 3.08. The van der Waals surface area contributed by atoms with Gasteiger partial charge in [0.1, 0.15) is 0 Å². The lowest BCUT2D eigenvalue weighted by atomic mass is 9.81. The first-order chi connectivity index (χ1) is 8.01. The summed E-state index contributed by atoms with van der Waals surface area (Å²) >= 11 is 0. The lowest BCUT2D eigenvalue weighted by Gasteiger charge is -2.28. The van der Waals surface area contributed by atoms with Crippen molar-refractivity contribution in [3.8, 4) is 11.5 Å². The Morgan fingerprint density at radius 2 is 1.82 bits per heavy atom. The zero-order chi connectivity index (χ0) is 13.1. The Labute approximate surface area is 103 Å². The Kier molecular flexibility index (Phi) is 4.40. The Bertz CT molecular complexity index is 383. The normalized spacial score (nSPS) is 11.4. The fourth-order valence-corrected chi connectivity index (χ4v) is 2.08. The molecule has 1 N–H and O–H groups in total. The number of aliphatic hydroxyl groups excluding tert-OH is 1. The topological polar surface area (TPSA) is 38.7 Å². The van der Waals surface area contributed by atoms with E-state index in [1.54, 1.807) is 14.2 Å². The summed E-state index contributed by atoms with van der Waals surface area (Å²) in [6.07, 6.45) is 0.902. The van der Waals surface area contributed by atoms with Crippen LogP contribution in [-0.4, -0.2) is 25.9 Å². The van der Waals surface area contributed by atoms with E-state index >= 15 is 0 Å². The van der Waals surface area contributed by atoms with Crippen molar-refractivity contribution in [2.45, 2.75) is 32.6 Å². The maximum Gasteiger partial charge on any atom is 0.164 e. The van der Waals surface area contributed by atoms with E-state index in [2.05, 4.69) is 6.92 Å². The van der Waals surface area contributed by atoms with Crippen LogP contribution >= 0.6 is 0 Å². The van der Waals surface area contributed by atoms with Gasteiger partial charge in [-0.15, -0.1) is 0 Å². The van der Waals surface area contributed by atoms with Crippen molar-refractivity contribution in [3.63, 3.8) is 0 Å². The Morgan fingerprint density at radius 1 is 1.18 bits per heavy atom. The van der Waals surface area contributed by atoms with Crippen LogP contribution < -0.4 is 9.47 Å². The summed E-state index contributed by atoms with van der Waals surface area (Å²) in [7, 11) is 3.26. The molecule has 0 aliphatic heterocycles. The van der Waals surface area contributed by atoms with Gasteiger partial charge in [0.25, 0.3) is 0 Å². The molecule has 0 aromatic heterocycles. The highest BCUT2D eigenvalue weighted by molar-refractivity contribution is 5.54. The second-order valence-electron chi connectivity index (χ2n) is 4.73. The van der Waals surface area contributed by atoms with Crippen LogP contribution in [0.3, 0.4) is 0 Å². The molecule has 0 saturated heterocycles. The highest BCUT2D eigenvalue weighted by Gasteiger charge is 2.28. The number of aliphatic hydroxyl groups is 1. The molecule has 1 rings (SSSR count). The van der Waals surface area contributed by atoms with Crippen LogP contribution in [0.25, 0.3) is 0 Å². The number of hydrogen-bond acceptors (Lipinski definition) is 3. The lowest BCUT2D eigenvalue weighted by Crippen LogP contribution is -2.25. The lowest BCUT2D eigenvalue weighted by molar-refractivity contribution is 0.213. The van der Waals surface area contributed by atoms with Gasteiger partial charge in [0.15, 0.2) is 11.5 Å². The molecule has 96 valence electrons. The Balaban J connectivity index is 3.51. The largest absolute Gasteiger partial charge is 0.493 e. The van der Waals surface area contributed by atoms with Gasteiger partial charge in [-0.05, 0) is 18.1 Å². The van der Waals surface area contributed by atoms with Crippen LogP contribution in [-0.2, 0) is 11.8 Å². The van der Waals surface area contributed by atoms with Crippen LogP contribution in [0.15, 0.2) is 12.1 Å². The van der Waals surface area contributed by atoms with Crippen molar-refractivity contribution >= 4 is 0 Å². The summed E-state index contributed by atoms with van der Waals surface area (Å²) in [5.74, 6) is 1.44. The van der Waals surface area contributed by atoms with Gasteiger partial charge in [-0.3, -0.25) is 0 Å². The Morgan fingerprint density at radius 3 is 2.24 bits per heavy atom. The Hall–Kier alpha value is -1.22. The fourth-order valence-electron chi connectivity index (χ4n) is 2.08. The molecule has 0 unspecified atom stereocenters. The SMILES string of the molecule is CCc1ccc(OC)c(OC)c1C(C)(C)CO. The summed E-state index contributed by atoms with van der Waals surface area (Å²) in [4.78, 5) is 0. The van der Waals surface area contributed by atoms with Crippen molar-refractivity contribution in [2.24, 2.45) is 0 Å². The van der Waals surface area contributed by atoms with Gasteiger partial charge in [0.2, 0.25) is 0 Å². The van der Waals surface area contributed by atoms with E-state index in [0.29, 0.717) is 5.75 Å². The molecule has 3 heteroatoms. The van der Waals surface area contributed by atoms with Gasteiger partial charge in [-0.1, -0.05) is 26.8 Å². The van der Waals surface area contributed by atoms with Gasteiger partial charge in [-0.25, -0.2) is 0 Å². The summed E-state index contributed by atoms with van der Waals surface area (Å²) in [5, 5.41) is 9.55. The van der Waals surface area contributed by atoms with Gasteiger partial charge in [0.05, 0.1) is 20.8 Å². The first-order valence-corrected chi connectivity index (χ1v) is 5.87. The van der Waals surface area contributed by atoms with Gasteiger partial charge < -0.3 is 14.6 Å². The number of aryl methyl sites for hydroxylation is 1. The van der Waals surface area contributed by atoms with Crippen LogP contribution in [0.1, 0.15) is 31.9 Å². The average molecular weight is 238 g/mol. The standard InChI is InChI=1S/C14H22O3/c1-6-10-7-8-11(16-4)13(17-5)12(10)14(2,3)9-15/h7-8,15H,6,9H2,1-5H3. The molecule has 0 amide bonds. The van der Waals surface area contributed by atoms with Gasteiger partial charge in [0, 0.05) is 11.0 Å². The van der Waals surface area contributed by atoms with Crippen molar-refractivity contribution < 1.29 is 14.6 Å². The molecule has 0 heterocycles. The molecule has 3 nitrogen and oxygen atoms in total. The predicted molar refractivity (Wildman–Crippen MR) is 69.0 cm³/mol. The minimum Gasteiger partial charge on any atom is -0.493 e. The molecule has 0 aliphatic rings. The minimum absolute atomic E-state index is 0.0729. The summed E-state index contributed by atoms with van der Waals surface area (Å²) in [6.45, 7) is 6.18. The van der Waals surface area contributed by atoms with Crippen LogP contribution in [0.5, 0.6) is 11.5 Å². The van der Waals surface area contributed by atoms with E-state index in [9.17, 15) is 5.11 Å².